The van der Waals surface area contributed by atoms with Gasteiger partial charge in [-0.3, -0.25) is 9.59 Å². The summed E-state index contributed by atoms with van der Waals surface area (Å²) >= 11 is 5.90. The molecule has 0 saturated carbocycles. The van der Waals surface area contributed by atoms with Crippen molar-refractivity contribution < 1.29 is 19.1 Å². The normalized spacial score (nSPS) is 16.0. The third kappa shape index (κ3) is 2.97. The monoisotopic (exact) mass is 311 g/mol. The van der Waals surface area contributed by atoms with E-state index in [4.69, 9.17) is 21.1 Å². The van der Waals surface area contributed by atoms with Crippen LogP contribution in [0.4, 0.5) is 0 Å². The van der Waals surface area contributed by atoms with Crippen LogP contribution in [-0.4, -0.2) is 49.5 Å². The highest BCUT2D eigenvalue weighted by Gasteiger charge is 2.51. The van der Waals surface area contributed by atoms with Gasteiger partial charge in [0.1, 0.15) is 11.2 Å². The summed E-state index contributed by atoms with van der Waals surface area (Å²) in [6, 6.07) is 6.92. The third-order valence-corrected chi connectivity index (χ3v) is 4.07. The van der Waals surface area contributed by atoms with E-state index in [9.17, 15) is 9.59 Å². The maximum atomic E-state index is 12.4. The van der Waals surface area contributed by atoms with Gasteiger partial charge < -0.3 is 14.4 Å². The van der Waals surface area contributed by atoms with Gasteiger partial charge in [-0.15, -0.1) is 11.6 Å². The van der Waals surface area contributed by atoms with Crippen molar-refractivity contribution in [3.63, 3.8) is 0 Å². The number of esters is 1. The van der Waals surface area contributed by atoms with Crippen molar-refractivity contribution in [3.05, 3.63) is 29.8 Å². The van der Waals surface area contributed by atoms with E-state index in [0.29, 0.717) is 17.9 Å². The summed E-state index contributed by atoms with van der Waals surface area (Å²) in [5, 5.41) is 0. The molecule has 0 radical (unpaired) electrons. The predicted molar refractivity (Wildman–Crippen MR) is 78.7 cm³/mol. The Hall–Kier alpha value is -1.75. The summed E-state index contributed by atoms with van der Waals surface area (Å²) < 4.78 is 10.1. The number of hydrogen-bond donors (Lipinski definition) is 0. The summed E-state index contributed by atoms with van der Waals surface area (Å²) in [6.45, 7) is 2.62. The van der Waals surface area contributed by atoms with Crippen molar-refractivity contribution in [3.8, 4) is 5.75 Å². The van der Waals surface area contributed by atoms with Gasteiger partial charge in [-0.05, 0) is 25.1 Å². The molecular formula is C15H18ClNO4. The van der Waals surface area contributed by atoms with Gasteiger partial charge in [-0.2, -0.15) is 0 Å². The number of halogens is 1. The Morgan fingerprint density at radius 1 is 1.38 bits per heavy atom. The molecule has 0 unspecified atom stereocenters. The molecule has 6 heteroatoms. The summed E-state index contributed by atoms with van der Waals surface area (Å²) in [6.07, 6.45) is 0. The van der Waals surface area contributed by atoms with Crippen molar-refractivity contribution in [2.45, 2.75) is 6.92 Å². The second-order valence-corrected chi connectivity index (χ2v) is 5.29. The van der Waals surface area contributed by atoms with Gasteiger partial charge in [-0.25, -0.2) is 0 Å². The van der Waals surface area contributed by atoms with Crippen LogP contribution in [-0.2, 0) is 9.53 Å². The van der Waals surface area contributed by atoms with Gasteiger partial charge in [0.15, 0.2) is 0 Å². The first-order valence-corrected chi connectivity index (χ1v) is 7.26. The average molecular weight is 312 g/mol. The van der Waals surface area contributed by atoms with E-state index in [0.717, 1.165) is 0 Å². The Kier molecular flexibility index (Phi) is 4.73. The summed E-state index contributed by atoms with van der Waals surface area (Å²) in [5.41, 5.74) is -0.243. The molecule has 0 bridgehead atoms. The topological polar surface area (TPSA) is 55.8 Å². The zero-order valence-corrected chi connectivity index (χ0v) is 12.9. The maximum absolute atomic E-state index is 12.4. The highest BCUT2D eigenvalue weighted by Crippen LogP contribution is 2.34. The van der Waals surface area contributed by atoms with Gasteiger partial charge in [0.05, 0.1) is 13.7 Å². The zero-order chi connectivity index (χ0) is 15.5. The minimum Gasteiger partial charge on any atom is -0.497 e. The molecule has 1 aliphatic rings. The van der Waals surface area contributed by atoms with Crippen LogP contribution >= 0.6 is 11.6 Å². The molecule has 1 amide bonds. The van der Waals surface area contributed by atoms with Crippen LogP contribution in [0.25, 0.3) is 0 Å². The van der Waals surface area contributed by atoms with Crippen LogP contribution in [0.1, 0.15) is 17.3 Å². The molecule has 1 aliphatic heterocycles. The number of nitrogens with zero attached hydrogens (tertiary/aromatic N) is 1. The second-order valence-electron chi connectivity index (χ2n) is 5.03. The van der Waals surface area contributed by atoms with Gasteiger partial charge in [0.2, 0.25) is 0 Å². The van der Waals surface area contributed by atoms with Crippen molar-refractivity contribution in [2.75, 3.05) is 32.7 Å². The second kappa shape index (κ2) is 6.35. The Morgan fingerprint density at radius 2 is 2.10 bits per heavy atom. The fourth-order valence-electron chi connectivity index (χ4n) is 2.32. The molecule has 0 aromatic heterocycles. The lowest BCUT2D eigenvalue weighted by Gasteiger charge is -2.46. The first-order chi connectivity index (χ1) is 10.1. The van der Waals surface area contributed by atoms with Crippen LogP contribution in [0.2, 0.25) is 0 Å². The molecule has 0 aliphatic carbocycles. The standard InChI is InChI=1S/C15H18ClNO4/c1-3-21-14(19)15(8-16)9-17(10-15)13(18)11-5-4-6-12(7-11)20-2/h4-7H,3,8-10H2,1-2H3. The quantitative estimate of drug-likeness (QED) is 0.616. The molecule has 0 atom stereocenters. The van der Waals surface area contributed by atoms with Gasteiger partial charge in [0, 0.05) is 24.5 Å². The molecule has 1 fully saturated rings. The van der Waals surface area contributed by atoms with E-state index in [-0.39, 0.29) is 30.8 Å². The Bertz CT molecular complexity index is 540. The van der Waals surface area contributed by atoms with E-state index in [1.165, 1.54) is 0 Å². The van der Waals surface area contributed by atoms with E-state index >= 15 is 0 Å². The number of likely N-dealkylation sites (tertiary alicyclic amines) is 1. The van der Waals surface area contributed by atoms with Crippen LogP contribution in [0, 0.1) is 5.41 Å². The van der Waals surface area contributed by atoms with E-state index < -0.39 is 5.41 Å². The maximum Gasteiger partial charge on any atom is 0.316 e. The molecule has 0 spiro atoms. The molecule has 5 nitrogen and oxygen atoms in total. The molecule has 1 aromatic carbocycles. The van der Waals surface area contributed by atoms with Crippen molar-refractivity contribution in [2.24, 2.45) is 5.41 Å². The summed E-state index contributed by atoms with van der Waals surface area (Å²) in [5.74, 6) is 0.289. The number of amides is 1. The lowest BCUT2D eigenvalue weighted by Crippen LogP contribution is -2.63. The smallest absolute Gasteiger partial charge is 0.316 e. The molecule has 1 aromatic rings. The van der Waals surface area contributed by atoms with Gasteiger partial charge in [0.25, 0.3) is 5.91 Å². The summed E-state index contributed by atoms with van der Waals surface area (Å²) in [7, 11) is 1.55. The number of carbonyl (C=O) groups is 2. The van der Waals surface area contributed by atoms with Gasteiger partial charge in [-0.1, -0.05) is 6.07 Å². The van der Waals surface area contributed by atoms with Crippen molar-refractivity contribution >= 4 is 23.5 Å². The minimum absolute atomic E-state index is 0.140. The number of rotatable bonds is 5. The number of ether oxygens (including phenoxy) is 2. The largest absolute Gasteiger partial charge is 0.497 e. The van der Waals surface area contributed by atoms with Gasteiger partial charge >= 0.3 is 5.97 Å². The number of hydrogen-bond acceptors (Lipinski definition) is 4. The molecule has 1 heterocycles. The molecule has 1 saturated heterocycles. The first-order valence-electron chi connectivity index (χ1n) is 6.73. The highest BCUT2D eigenvalue weighted by atomic mass is 35.5. The van der Waals surface area contributed by atoms with Crippen LogP contribution < -0.4 is 4.74 Å². The lowest BCUT2D eigenvalue weighted by molar-refractivity contribution is -0.162. The highest BCUT2D eigenvalue weighted by molar-refractivity contribution is 6.20. The van der Waals surface area contributed by atoms with Crippen molar-refractivity contribution in [1.82, 2.24) is 4.90 Å². The van der Waals surface area contributed by atoms with Crippen LogP contribution in [0.15, 0.2) is 24.3 Å². The van der Waals surface area contributed by atoms with E-state index in [2.05, 4.69) is 0 Å². The fraction of sp³-hybridized carbons (Fsp3) is 0.467. The average Bonchev–Trinajstić information content (AvgIpc) is 2.47. The molecule has 114 valence electrons. The minimum atomic E-state index is -0.772. The Balaban J connectivity index is 2.05. The number of methoxy groups -OCH3 is 1. The molecule has 0 N–H and O–H groups in total. The van der Waals surface area contributed by atoms with Crippen LogP contribution in [0.3, 0.4) is 0 Å². The summed E-state index contributed by atoms with van der Waals surface area (Å²) in [4.78, 5) is 25.9. The Labute approximate surface area is 128 Å². The lowest BCUT2D eigenvalue weighted by atomic mass is 9.81. The number of carbonyl (C=O) groups excluding carboxylic acids is 2. The third-order valence-electron chi connectivity index (χ3n) is 3.56. The molecule has 2 rings (SSSR count). The fourth-order valence-corrected chi connectivity index (χ4v) is 2.60. The van der Waals surface area contributed by atoms with E-state index in [1.54, 1.807) is 43.2 Å². The van der Waals surface area contributed by atoms with Crippen LogP contribution in [0.5, 0.6) is 5.75 Å². The zero-order valence-electron chi connectivity index (χ0n) is 12.1. The predicted octanol–water partition coefficient (Wildman–Crippen LogP) is 1.94. The Morgan fingerprint density at radius 3 is 2.67 bits per heavy atom. The first kappa shape index (κ1) is 15.6. The molecule has 21 heavy (non-hydrogen) atoms. The van der Waals surface area contributed by atoms with Crippen molar-refractivity contribution in [1.29, 1.82) is 0 Å². The number of benzene rings is 1. The number of alkyl halides is 1. The molecular weight excluding hydrogens is 294 g/mol. The SMILES string of the molecule is CCOC(=O)C1(CCl)CN(C(=O)c2cccc(OC)c2)C1. The van der Waals surface area contributed by atoms with E-state index in [1.807, 2.05) is 0 Å².